The van der Waals surface area contributed by atoms with Gasteiger partial charge in [0.15, 0.2) is 5.96 Å². The second-order valence-electron chi connectivity index (χ2n) is 4.56. The highest BCUT2D eigenvalue weighted by atomic mass is 127. The van der Waals surface area contributed by atoms with Crippen LogP contribution < -0.4 is 11.1 Å². The lowest BCUT2D eigenvalue weighted by molar-refractivity contribution is 0.603. The average molecular weight is 458 g/mol. The van der Waals surface area contributed by atoms with Crippen molar-refractivity contribution in [3.63, 3.8) is 0 Å². The number of nitrogens with two attached hydrogens (primary N) is 1. The molecule has 1 atom stereocenters. The molecule has 0 fully saturated rings. The Labute approximate surface area is 145 Å². The van der Waals surface area contributed by atoms with E-state index in [-0.39, 0.29) is 29.8 Å². The summed E-state index contributed by atoms with van der Waals surface area (Å²) in [4.78, 5) is 4.23. The summed E-state index contributed by atoms with van der Waals surface area (Å²) >= 11 is 3.24. The maximum Gasteiger partial charge on any atom is 0.188 e. The van der Waals surface area contributed by atoms with Crippen LogP contribution >= 0.6 is 39.9 Å². The van der Waals surface area contributed by atoms with Crippen LogP contribution in [0.5, 0.6) is 0 Å². The molecule has 0 radical (unpaired) electrons. The Kier molecular flexibility index (Phi) is 10.2. The summed E-state index contributed by atoms with van der Waals surface area (Å²) < 4.78 is 14.3. The Morgan fingerprint density at radius 3 is 2.80 bits per heavy atom. The number of hydrogen-bond acceptors (Lipinski definition) is 1. The fourth-order valence-corrected chi connectivity index (χ4v) is 1.93. The highest BCUT2D eigenvalue weighted by molar-refractivity contribution is 14.0. The standard InChI is InChI=1S/C14H21BrFN3.HI/c1-3-10(2)19-14(17)18-8-4-5-11-6-7-12(15)9-13(11)16;/h6-7,9-10H,3-5,8H2,1-2H3,(H3,17,18,19);1H. The van der Waals surface area contributed by atoms with Crippen LogP contribution in [0, 0.1) is 5.82 Å². The van der Waals surface area contributed by atoms with Crippen LogP contribution in [0.2, 0.25) is 0 Å². The number of guanidine groups is 1. The Bertz CT molecular complexity index is 440. The summed E-state index contributed by atoms with van der Waals surface area (Å²) in [6.07, 6.45) is 2.45. The van der Waals surface area contributed by atoms with Gasteiger partial charge in [-0.3, -0.25) is 4.99 Å². The molecule has 0 aliphatic heterocycles. The van der Waals surface area contributed by atoms with E-state index in [0.29, 0.717) is 30.5 Å². The summed E-state index contributed by atoms with van der Waals surface area (Å²) in [5.41, 5.74) is 6.45. The molecule has 0 heterocycles. The molecule has 114 valence electrons. The maximum atomic E-state index is 13.6. The van der Waals surface area contributed by atoms with E-state index in [1.54, 1.807) is 6.07 Å². The molecular formula is C14H22BrFIN3. The van der Waals surface area contributed by atoms with Crippen molar-refractivity contribution in [1.29, 1.82) is 0 Å². The Hall–Kier alpha value is -0.370. The van der Waals surface area contributed by atoms with Crippen LogP contribution in [-0.2, 0) is 6.42 Å². The SMILES string of the molecule is CCC(C)NC(N)=NCCCc1ccc(Br)cc1F.I. The predicted octanol–water partition coefficient (Wildman–Crippen LogP) is 3.84. The summed E-state index contributed by atoms with van der Waals surface area (Å²) in [5.74, 6) is 0.287. The molecule has 1 rings (SSSR count). The van der Waals surface area contributed by atoms with Crippen molar-refractivity contribution in [2.45, 2.75) is 39.2 Å². The van der Waals surface area contributed by atoms with E-state index in [1.807, 2.05) is 6.07 Å². The molecule has 20 heavy (non-hydrogen) atoms. The van der Waals surface area contributed by atoms with Gasteiger partial charge in [-0.1, -0.05) is 28.9 Å². The molecule has 0 aromatic heterocycles. The van der Waals surface area contributed by atoms with E-state index in [9.17, 15) is 4.39 Å². The van der Waals surface area contributed by atoms with Crippen molar-refractivity contribution < 1.29 is 4.39 Å². The lowest BCUT2D eigenvalue weighted by Gasteiger charge is -2.11. The molecule has 0 bridgehead atoms. The summed E-state index contributed by atoms with van der Waals surface area (Å²) in [6.45, 7) is 4.74. The second-order valence-corrected chi connectivity index (χ2v) is 5.48. The first-order chi connectivity index (χ1) is 9.02. The quantitative estimate of drug-likeness (QED) is 0.295. The topological polar surface area (TPSA) is 50.4 Å². The van der Waals surface area contributed by atoms with Crippen LogP contribution in [0.1, 0.15) is 32.3 Å². The Morgan fingerprint density at radius 2 is 2.20 bits per heavy atom. The van der Waals surface area contributed by atoms with Gasteiger partial charge in [-0.25, -0.2) is 4.39 Å². The molecule has 0 aliphatic rings. The first kappa shape index (κ1) is 19.6. The monoisotopic (exact) mass is 457 g/mol. The number of nitrogens with one attached hydrogen (secondary N) is 1. The van der Waals surface area contributed by atoms with Crippen LogP contribution in [-0.4, -0.2) is 18.5 Å². The minimum absolute atomic E-state index is 0. The minimum atomic E-state index is -0.177. The largest absolute Gasteiger partial charge is 0.370 e. The number of aliphatic imine (C=N–C) groups is 1. The third-order valence-electron chi connectivity index (χ3n) is 2.91. The van der Waals surface area contributed by atoms with Gasteiger partial charge in [0.2, 0.25) is 0 Å². The van der Waals surface area contributed by atoms with Crippen molar-refractivity contribution >= 4 is 45.9 Å². The highest BCUT2D eigenvalue weighted by Gasteiger charge is 2.02. The molecule has 3 nitrogen and oxygen atoms in total. The molecule has 3 N–H and O–H groups in total. The summed E-state index contributed by atoms with van der Waals surface area (Å²) in [7, 11) is 0. The first-order valence-corrected chi connectivity index (χ1v) is 7.32. The molecule has 0 spiro atoms. The zero-order valence-electron chi connectivity index (χ0n) is 11.8. The smallest absolute Gasteiger partial charge is 0.188 e. The van der Waals surface area contributed by atoms with Gasteiger partial charge in [0.05, 0.1) is 0 Å². The van der Waals surface area contributed by atoms with Crippen LogP contribution in [0.4, 0.5) is 4.39 Å². The van der Waals surface area contributed by atoms with Crippen LogP contribution in [0.25, 0.3) is 0 Å². The van der Waals surface area contributed by atoms with Crippen molar-refractivity contribution in [2.24, 2.45) is 10.7 Å². The summed E-state index contributed by atoms with van der Waals surface area (Å²) in [5, 5.41) is 3.09. The van der Waals surface area contributed by atoms with E-state index in [2.05, 4.69) is 40.1 Å². The Morgan fingerprint density at radius 1 is 1.50 bits per heavy atom. The van der Waals surface area contributed by atoms with Crippen molar-refractivity contribution in [1.82, 2.24) is 5.32 Å². The molecule has 1 aromatic carbocycles. The van der Waals surface area contributed by atoms with Gasteiger partial charge in [0.25, 0.3) is 0 Å². The average Bonchev–Trinajstić information content (AvgIpc) is 2.36. The van der Waals surface area contributed by atoms with E-state index in [1.165, 1.54) is 6.07 Å². The van der Waals surface area contributed by atoms with Crippen molar-refractivity contribution in [2.75, 3.05) is 6.54 Å². The van der Waals surface area contributed by atoms with Gasteiger partial charge < -0.3 is 11.1 Å². The normalized spacial score (nSPS) is 12.7. The van der Waals surface area contributed by atoms with E-state index < -0.39 is 0 Å². The van der Waals surface area contributed by atoms with Crippen LogP contribution in [0.15, 0.2) is 27.7 Å². The maximum absolute atomic E-state index is 13.6. The predicted molar refractivity (Wildman–Crippen MR) is 97.2 cm³/mol. The van der Waals surface area contributed by atoms with E-state index >= 15 is 0 Å². The molecule has 0 saturated heterocycles. The minimum Gasteiger partial charge on any atom is -0.370 e. The number of halogens is 3. The fraction of sp³-hybridized carbons (Fsp3) is 0.500. The highest BCUT2D eigenvalue weighted by Crippen LogP contribution is 2.16. The van der Waals surface area contributed by atoms with Crippen molar-refractivity contribution in [3.05, 3.63) is 34.1 Å². The third-order valence-corrected chi connectivity index (χ3v) is 3.40. The fourth-order valence-electron chi connectivity index (χ4n) is 1.59. The van der Waals surface area contributed by atoms with Gasteiger partial charge >= 0.3 is 0 Å². The van der Waals surface area contributed by atoms with Gasteiger partial charge in [-0.2, -0.15) is 0 Å². The Balaban J connectivity index is 0.00000361. The molecule has 1 aromatic rings. The number of hydrogen-bond donors (Lipinski definition) is 2. The van der Waals surface area contributed by atoms with Crippen LogP contribution in [0.3, 0.4) is 0 Å². The third kappa shape index (κ3) is 7.42. The zero-order valence-corrected chi connectivity index (χ0v) is 15.7. The van der Waals surface area contributed by atoms with E-state index in [4.69, 9.17) is 5.73 Å². The molecular weight excluding hydrogens is 436 g/mol. The molecule has 6 heteroatoms. The molecule has 0 amide bonds. The summed E-state index contributed by atoms with van der Waals surface area (Å²) in [6, 6.07) is 5.45. The number of aryl methyl sites for hydroxylation is 1. The zero-order chi connectivity index (χ0) is 14.3. The van der Waals surface area contributed by atoms with Crippen molar-refractivity contribution in [3.8, 4) is 0 Å². The second kappa shape index (κ2) is 10.4. The number of benzene rings is 1. The number of rotatable bonds is 6. The van der Waals surface area contributed by atoms with Gasteiger partial charge in [0, 0.05) is 17.1 Å². The van der Waals surface area contributed by atoms with Gasteiger partial charge in [0.1, 0.15) is 5.82 Å². The lowest BCUT2D eigenvalue weighted by Crippen LogP contribution is -2.38. The lowest BCUT2D eigenvalue weighted by atomic mass is 10.1. The van der Waals surface area contributed by atoms with E-state index in [0.717, 1.165) is 17.3 Å². The first-order valence-electron chi connectivity index (χ1n) is 6.53. The van der Waals surface area contributed by atoms with Gasteiger partial charge in [-0.15, -0.1) is 24.0 Å². The molecule has 0 aliphatic carbocycles. The molecule has 0 saturated carbocycles. The van der Waals surface area contributed by atoms with Gasteiger partial charge in [-0.05, 0) is 43.9 Å². The number of nitrogens with zero attached hydrogens (tertiary/aromatic N) is 1. The molecule has 1 unspecified atom stereocenters.